The molecule has 0 atom stereocenters. The van der Waals surface area contributed by atoms with Crippen molar-refractivity contribution in [3.63, 3.8) is 0 Å². The first-order valence-electron chi connectivity index (χ1n) is 6.01. The SMILES string of the molecule is O=C(c1ccc2c(c1)CCN2)N1CCCC1. The Kier molecular flexibility index (Phi) is 2.31. The van der Waals surface area contributed by atoms with E-state index in [1.54, 1.807) is 0 Å². The predicted molar refractivity (Wildman–Crippen MR) is 63.8 cm³/mol. The van der Waals surface area contributed by atoms with Crippen LogP contribution in [0.2, 0.25) is 0 Å². The van der Waals surface area contributed by atoms with E-state index in [1.807, 2.05) is 17.0 Å². The third-order valence-corrected chi connectivity index (χ3v) is 3.46. The fourth-order valence-electron chi connectivity index (χ4n) is 2.54. The highest BCUT2D eigenvalue weighted by molar-refractivity contribution is 5.95. The van der Waals surface area contributed by atoms with Crippen molar-refractivity contribution in [3.05, 3.63) is 29.3 Å². The zero-order valence-corrected chi connectivity index (χ0v) is 9.33. The molecule has 84 valence electrons. The van der Waals surface area contributed by atoms with Crippen LogP contribution in [0.4, 0.5) is 5.69 Å². The molecule has 0 aliphatic carbocycles. The Labute approximate surface area is 95.4 Å². The molecule has 0 saturated carbocycles. The number of hydrogen-bond donors (Lipinski definition) is 1. The summed E-state index contributed by atoms with van der Waals surface area (Å²) < 4.78 is 0. The number of rotatable bonds is 1. The summed E-state index contributed by atoms with van der Waals surface area (Å²) >= 11 is 0. The topological polar surface area (TPSA) is 32.3 Å². The van der Waals surface area contributed by atoms with Gasteiger partial charge in [0, 0.05) is 30.9 Å². The molecule has 1 amide bonds. The lowest BCUT2D eigenvalue weighted by Gasteiger charge is -2.15. The van der Waals surface area contributed by atoms with Crippen molar-refractivity contribution in [1.29, 1.82) is 0 Å². The molecule has 2 heterocycles. The van der Waals surface area contributed by atoms with E-state index in [2.05, 4.69) is 11.4 Å². The maximum absolute atomic E-state index is 12.2. The van der Waals surface area contributed by atoms with Gasteiger partial charge in [-0.05, 0) is 43.0 Å². The summed E-state index contributed by atoms with van der Waals surface area (Å²) in [6, 6.07) is 6.03. The van der Waals surface area contributed by atoms with E-state index >= 15 is 0 Å². The second kappa shape index (κ2) is 3.81. The van der Waals surface area contributed by atoms with E-state index in [9.17, 15) is 4.79 Å². The van der Waals surface area contributed by atoms with Crippen molar-refractivity contribution >= 4 is 11.6 Å². The number of nitrogens with zero attached hydrogens (tertiary/aromatic N) is 1. The average molecular weight is 216 g/mol. The number of benzene rings is 1. The lowest BCUT2D eigenvalue weighted by Crippen LogP contribution is -2.27. The first-order valence-corrected chi connectivity index (χ1v) is 6.01. The largest absolute Gasteiger partial charge is 0.384 e. The standard InChI is InChI=1S/C13H16N2O/c16-13(15-7-1-2-8-15)11-3-4-12-10(9-11)5-6-14-12/h3-4,9,14H,1-2,5-8H2. The molecule has 0 radical (unpaired) electrons. The van der Waals surface area contributed by atoms with Gasteiger partial charge in [-0.25, -0.2) is 0 Å². The minimum Gasteiger partial charge on any atom is -0.384 e. The number of carbonyl (C=O) groups excluding carboxylic acids is 1. The Balaban J connectivity index is 1.86. The van der Waals surface area contributed by atoms with Gasteiger partial charge in [0.05, 0.1) is 0 Å². The van der Waals surface area contributed by atoms with Crippen molar-refractivity contribution in [2.75, 3.05) is 25.0 Å². The van der Waals surface area contributed by atoms with Crippen LogP contribution in [0.25, 0.3) is 0 Å². The number of hydrogen-bond acceptors (Lipinski definition) is 2. The zero-order valence-electron chi connectivity index (χ0n) is 9.33. The number of carbonyl (C=O) groups is 1. The third kappa shape index (κ3) is 1.56. The molecular formula is C13H16N2O. The van der Waals surface area contributed by atoms with Crippen LogP contribution < -0.4 is 5.32 Å². The summed E-state index contributed by atoms with van der Waals surface area (Å²) in [5, 5.41) is 3.31. The molecule has 1 aromatic carbocycles. The second-order valence-corrected chi connectivity index (χ2v) is 4.55. The van der Waals surface area contributed by atoms with Crippen molar-refractivity contribution < 1.29 is 4.79 Å². The van der Waals surface area contributed by atoms with Gasteiger partial charge in [-0.1, -0.05) is 0 Å². The number of likely N-dealkylation sites (tertiary alicyclic amines) is 1. The maximum atomic E-state index is 12.2. The Morgan fingerprint density at radius 2 is 2.06 bits per heavy atom. The zero-order chi connectivity index (χ0) is 11.0. The summed E-state index contributed by atoms with van der Waals surface area (Å²) in [4.78, 5) is 14.1. The average Bonchev–Trinajstić information content (AvgIpc) is 2.98. The Hall–Kier alpha value is -1.51. The fourth-order valence-corrected chi connectivity index (χ4v) is 2.54. The molecule has 1 saturated heterocycles. The number of nitrogens with one attached hydrogen (secondary N) is 1. The van der Waals surface area contributed by atoms with Gasteiger partial charge in [-0.2, -0.15) is 0 Å². The monoisotopic (exact) mass is 216 g/mol. The molecule has 2 aliphatic heterocycles. The molecule has 2 aliphatic rings. The molecular weight excluding hydrogens is 200 g/mol. The molecule has 16 heavy (non-hydrogen) atoms. The highest BCUT2D eigenvalue weighted by Crippen LogP contribution is 2.24. The van der Waals surface area contributed by atoms with E-state index in [1.165, 1.54) is 11.3 Å². The highest BCUT2D eigenvalue weighted by atomic mass is 16.2. The van der Waals surface area contributed by atoms with E-state index < -0.39 is 0 Å². The smallest absolute Gasteiger partial charge is 0.253 e. The highest BCUT2D eigenvalue weighted by Gasteiger charge is 2.20. The molecule has 3 nitrogen and oxygen atoms in total. The van der Waals surface area contributed by atoms with Gasteiger partial charge >= 0.3 is 0 Å². The van der Waals surface area contributed by atoms with Crippen molar-refractivity contribution in [3.8, 4) is 0 Å². The van der Waals surface area contributed by atoms with Gasteiger partial charge in [0.2, 0.25) is 0 Å². The summed E-state index contributed by atoms with van der Waals surface area (Å²) in [5.74, 6) is 0.201. The minimum atomic E-state index is 0.201. The minimum absolute atomic E-state index is 0.201. The van der Waals surface area contributed by atoms with E-state index in [0.717, 1.165) is 44.5 Å². The lowest BCUT2D eigenvalue weighted by molar-refractivity contribution is 0.0793. The molecule has 1 aromatic rings. The first kappa shape index (κ1) is 9.70. The van der Waals surface area contributed by atoms with Gasteiger partial charge < -0.3 is 10.2 Å². The van der Waals surface area contributed by atoms with Crippen LogP contribution in [-0.2, 0) is 6.42 Å². The first-order chi connectivity index (χ1) is 7.84. The molecule has 1 fully saturated rings. The fraction of sp³-hybridized carbons (Fsp3) is 0.462. The van der Waals surface area contributed by atoms with Crippen LogP contribution in [-0.4, -0.2) is 30.4 Å². The van der Waals surface area contributed by atoms with E-state index in [4.69, 9.17) is 0 Å². The molecule has 0 spiro atoms. The summed E-state index contributed by atoms with van der Waals surface area (Å²) in [7, 11) is 0. The van der Waals surface area contributed by atoms with Crippen LogP contribution in [0.15, 0.2) is 18.2 Å². The normalized spacial score (nSPS) is 18.4. The third-order valence-electron chi connectivity index (χ3n) is 3.46. The Morgan fingerprint density at radius 3 is 2.88 bits per heavy atom. The maximum Gasteiger partial charge on any atom is 0.253 e. The van der Waals surface area contributed by atoms with Crippen LogP contribution >= 0.6 is 0 Å². The Morgan fingerprint density at radius 1 is 1.25 bits per heavy atom. The van der Waals surface area contributed by atoms with Crippen molar-refractivity contribution in [2.24, 2.45) is 0 Å². The van der Waals surface area contributed by atoms with Gasteiger partial charge in [-0.3, -0.25) is 4.79 Å². The van der Waals surface area contributed by atoms with Crippen LogP contribution in [0, 0.1) is 0 Å². The van der Waals surface area contributed by atoms with Gasteiger partial charge in [0.25, 0.3) is 5.91 Å². The molecule has 0 bridgehead atoms. The molecule has 0 aromatic heterocycles. The molecule has 0 unspecified atom stereocenters. The van der Waals surface area contributed by atoms with Crippen LogP contribution in [0.1, 0.15) is 28.8 Å². The van der Waals surface area contributed by atoms with Gasteiger partial charge in [-0.15, -0.1) is 0 Å². The van der Waals surface area contributed by atoms with Gasteiger partial charge in [0.1, 0.15) is 0 Å². The summed E-state index contributed by atoms with van der Waals surface area (Å²) in [6.45, 7) is 2.85. The van der Waals surface area contributed by atoms with Crippen LogP contribution in [0.3, 0.4) is 0 Å². The van der Waals surface area contributed by atoms with E-state index in [-0.39, 0.29) is 5.91 Å². The lowest BCUT2D eigenvalue weighted by atomic mass is 10.1. The van der Waals surface area contributed by atoms with E-state index in [0.29, 0.717) is 0 Å². The Bertz CT molecular complexity index is 422. The summed E-state index contributed by atoms with van der Waals surface area (Å²) in [5.41, 5.74) is 3.33. The number of anilines is 1. The number of amides is 1. The molecule has 3 heteroatoms. The van der Waals surface area contributed by atoms with Crippen molar-refractivity contribution in [2.45, 2.75) is 19.3 Å². The molecule has 1 N–H and O–H groups in total. The van der Waals surface area contributed by atoms with Gasteiger partial charge in [0.15, 0.2) is 0 Å². The molecule has 3 rings (SSSR count). The van der Waals surface area contributed by atoms with Crippen LogP contribution in [0.5, 0.6) is 0 Å². The second-order valence-electron chi connectivity index (χ2n) is 4.55. The quantitative estimate of drug-likeness (QED) is 0.777. The van der Waals surface area contributed by atoms with Crippen molar-refractivity contribution in [1.82, 2.24) is 4.90 Å². The summed E-state index contributed by atoms with van der Waals surface area (Å²) in [6.07, 6.45) is 3.34. The number of fused-ring (bicyclic) bond motifs is 1. The predicted octanol–water partition coefficient (Wildman–Crippen LogP) is 1.89.